The monoisotopic (exact) mass is 387 g/mol. The summed E-state index contributed by atoms with van der Waals surface area (Å²) < 4.78 is 5.44. The van der Waals surface area contributed by atoms with Gasteiger partial charge in [-0.25, -0.2) is 0 Å². The summed E-state index contributed by atoms with van der Waals surface area (Å²) in [5, 5.41) is 5.99. The zero-order valence-corrected chi connectivity index (χ0v) is 16.9. The van der Waals surface area contributed by atoms with E-state index in [4.69, 9.17) is 10.5 Å². The first-order valence-corrected chi connectivity index (χ1v) is 10.5. The van der Waals surface area contributed by atoms with Crippen LogP contribution in [0, 0.1) is 17.8 Å². The topological polar surface area (TPSA) is 93.5 Å². The number of rotatable bonds is 9. The highest BCUT2D eigenvalue weighted by Gasteiger charge is 2.48. The lowest BCUT2D eigenvalue weighted by atomic mass is 9.84. The lowest BCUT2D eigenvalue weighted by molar-refractivity contribution is -0.127. The predicted molar refractivity (Wildman–Crippen MR) is 109 cm³/mol. The zero-order valence-electron chi connectivity index (χ0n) is 16.9. The summed E-state index contributed by atoms with van der Waals surface area (Å²) in [6.45, 7) is 5.07. The number of fused-ring (bicyclic) bond motifs is 2. The number of hydrogen-bond donors (Lipinski definition) is 3. The third-order valence-corrected chi connectivity index (χ3v) is 6.23. The van der Waals surface area contributed by atoms with Crippen molar-refractivity contribution in [2.75, 3.05) is 13.2 Å². The maximum atomic E-state index is 12.4. The first kappa shape index (κ1) is 20.6. The molecule has 5 unspecified atom stereocenters. The van der Waals surface area contributed by atoms with Gasteiger partial charge in [-0.1, -0.05) is 12.1 Å². The van der Waals surface area contributed by atoms with Crippen molar-refractivity contribution in [3.8, 4) is 5.75 Å². The molecule has 6 heteroatoms. The fourth-order valence-electron chi connectivity index (χ4n) is 4.72. The van der Waals surface area contributed by atoms with Gasteiger partial charge in [-0.2, -0.15) is 0 Å². The molecule has 6 nitrogen and oxygen atoms in total. The van der Waals surface area contributed by atoms with Crippen molar-refractivity contribution >= 4 is 11.8 Å². The lowest BCUT2D eigenvalue weighted by Crippen LogP contribution is -2.45. The SMILES string of the molecule is CCOc1ccc(C(C)NC(=O)CCCNC(=O)C2C3CCC(C3)C2N)cc1. The van der Waals surface area contributed by atoms with Gasteiger partial charge in [0.25, 0.3) is 0 Å². The van der Waals surface area contributed by atoms with Crippen LogP contribution in [0.2, 0.25) is 0 Å². The summed E-state index contributed by atoms with van der Waals surface area (Å²) >= 11 is 0. The van der Waals surface area contributed by atoms with Crippen molar-refractivity contribution in [3.05, 3.63) is 29.8 Å². The molecule has 2 aliphatic rings. The Hall–Kier alpha value is -2.08. The van der Waals surface area contributed by atoms with E-state index in [0.717, 1.165) is 24.2 Å². The molecule has 0 saturated heterocycles. The molecule has 154 valence electrons. The summed E-state index contributed by atoms with van der Waals surface area (Å²) in [5.74, 6) is 1.84. The van der Waals surface area contributed by atoms with Gasteiger partial charge in [0.2, 0.25) is 11.8 Å². The first-order valence-electron chi connectivity index (χ1n) is 10.5. The van der Waals surface area contributed by atoms with E-state index in [1.165, 1.54) is 6.42 Å². The Morgan fingerprint density at radius 2 is 1.93 bits per heavy atom. The van der Waals surface area contributed by atoms with Crippen LogP contribution in [-0.4, -0.2) is 31.0 Å². The molecular weight excluding hydrogens is 354 g/mol. The van der Waals surface area contributed by atoms with Crippen LogP contribution in [0.4, 0.5) is 0 Å². The Balaban J connectivity index is 1.34. The van der Waals surface area contributed by atoms with E-state index in [1.807, 2.05) is 38.1 Å². The Kier molecular flexibility index (Phi) is 6.94. The molecule has 2 saturated carbocycles. The summed E-state index contributed by atoms with van der Waals surface area (Å²) in [5.41, 5.74) is 7.26. The van der Waals surface area contributed by atoms with Crippen molar-refractivity contribution in [2.24, 2.45) is 23.5 Å². The Morgan fingerprint density at radius 3 is 2.57 bits per heavy atom. The molecule has 28 heavy (non-hydrogen) atoms. The van der Waals surface area contributed by atoms with Crippen LogP contribution in [0.5, 0.6) is 5.75 Å². The Labute approximate surface area is 167 Å². The van der Waals surface area contributed by atoms with Crippen LogP contribution in [0.3, 0.4) is 0 Å². The van der Waals surface area contributed by atoms with Gasteiger partial charge < -0.3 is 21.1 Å². The minimum absolute atomic E-state index is 0.00717. The van der Waals surface area contributed by atoms with Gasteiger partial charge in [0.15, 0.2) is 0 Å². The number of benzene rings is 1. The van der Waals surface area contributed by atoms with E-state index in [9.17, 15) is 9.59 Å². The molecule has 2 aliphatic carbocycles. The number of hydrogen-bond acceptors (Lipinski definition) is 4. The number of carbonyl (C=O) groups is 2. The van der Waals surface area contributed by atoms with E-state index >= 15 is 0 Å². The smallest absolute Gasteiger partial charge is 0.224 e. The van der Waals surface area contributed by atoms with E-state index in [1.54, 1.807) is 0 Å². The van der Waals surface area contributed by atoms with Crippen LogP contribution in [0.1, 0.15) is 57.6 Å². The Bertz CT molecular complexity index is 674. The number of nitrogens with one attached hydrogen (secondary N) is 2. The van der Waals surface area contributed by atoms with Crippen molar-refractivity contribution in [1.82, 2.24) is 10.6 Å². The van der Waals surface area contributed by atoms with Gasteiger partial charge in [0, 0.05) is 19.0 Å². The predicted octanol–water partition coefficient (Wildman–Crippen LogP) is 2.53. The van der Waals surface area contributed by atoms with Gasteiger partial charge >= 0.3 is 0 Å². The molecule has 0 aromatic heterocycles. The van der Waals surface area contributed by atoms with Crippen molar-refractivity contribution in [1.29, 1.82) is 0 Å². The lowest BCUT2D eigenvalue weighted by Gasteiger charge is -2.27. The van der Waals surface area contributed by atoms with Gasteiger partial charge in [-0.15, -0.1) is 0 Å². The summed E-state index contributed by atoms with van der Waals surface area (Å²) in [7, 11) is 0. The molecule has 0 spiro atoms. The summed E-state index contributed by atoms with van der Waals surface area (Å²) in [6, 6.07) is 7.71. The van der Waals surface area contributed by atoms with E-state index in [-0.39, 0.29) is 29.8 Å². The fraction of sp³-hybridized carbons (Fsp3) is 0.636. The van der Waals surface area contributed by atoms with E-state index < -0.39 is 0 Å². The maximum absolute atomic E-state index is 12.4. The standard InChI is InChI=1S/C22H33N3O3/c1-3-28-18-10-8-15(9-11-18)14(2)25-19(26)5-4-12-24-22(27)20-16-6-7-17(13-16)21(20)23/h8-11,14,16-17,20-21H,3-7,12-13,23H2,1-2H3,(H,24,27)(H,25,26). The summed E-state index contributed by atoms with van der Waals surface area (Å²) in [4.78, 5) is 24.6. The highest BCUT2D eigenvalue weighted by Crippen LogP contribution is 2.47. The molecule has 1 aromatic carbocycles. The van der Waals surface area contributed by atoms with Gasteiger partial charge in [-0.05, 0) is 69.1 Å². The fourth-order valence-corrected chi connectivity index (χ4v) is 4.72. The molecule has 3 rings (SSSR count). The molecule has 0 aliphatic heterocycles. The van der Waals surface area contributed by atoms with Crippen LogP contribution in [0.25, 0.3) is 0 Å². The minimum atomic E-state index is -0.0650. The largest absolute Gasteiger partial charge is 0.494 e. The second-order valence-corrected chi connectivity index (χ2v) is 8.12. The number of nitrogens with two attached hydrogens (primary N) is 1. The highest BCUT2D eigenvalue weighted by atomic mass is 16.5. The van der Waals surface area contributed by atoms with Gasteiger partial charge in [0.05, 0.1) is 18.6 Å². The van der Waals surface area contributed by atoms with Crippen molar-refractivity contribution in [2.45, 2.75) is 58.0 Å². The van der Waals surface area contributed by atoms with Crippen LogP contribution in [0.15, 0.2) is 24.3 Å². The molecular formula is C22H33N3O3. The average molecular weight is 388 g/mol. The number of carbonyl (C=O) groups excluding carboxylic acids is 2. The Morgan fingerprint density at radius 1 is 1.21 bits per heavy atom. The molecule has 4 N–H and O–H groups in total. The summed E-state index contributed by atoms with van der Waals surface area (Å²) in [6.07, 6.45) is 4.42. The average Bonchev–Trinajstić information content (AvgIpc) is 3.27. The molecule has 5 atom stereocenters. The highest BCUT2D eigenvalue weighted by molar-refractivity contribution is 5.80. The van der Waals surface area contributed by atoms with E-state index in [0.29, 0.717) is 37.8 Å². The molecule has 2 bridgehead atoms. The second-order valence-electron chi connectivity index (χ2n) is 8.12. The van der Waals surface area contributed by atoms with Crippen LogP contribution < -0.4 is 21.1 Å². The van der Waals surface area contributed by atoms with E-state index in [2.05, 4.69) is 10.6 Å². The van der Waals surface area contributed by atoms with Gasteiger partial charge in [0.1, 0.15) is 5.75 Å². The van der Waals surface area contributed by atoms with Crippen molar-refractivity contribution in [3.63, 3.8) is 0 Å². The quantitative estimate of drug-likeness (QED) is 0.568. The molecule has 2 amide bonds. The van der Waals surface area contributed by atoms with Crippen LogP contribution >= 0.6 is 0 Å². The first-order chi connectivity index (χ1) is 13.5. The zero-order chi connectivity index (χ0) is 20.1. The van der Waals surface area contributed by atoms with Gasteiger partial charge in [-0.3, -0.25) is 9.59 Å². The third-order valence-electron chi connectivity index (χ3n) is 6.23. The molecule has 0 heterocycles. The molecule has 2 fully saturated rings. The third kappa shape index (κ3) is 4.85. The second kappa shape index (κ2) is 9.41. The molecule has 1 aromatic rings. The normalized spacial score (nSPS) is 26.7. The van der Waals surface area contributed by atoms with Crippen LogP contribution in [-0.2, 0) is 9.59 Å². The number of ether oxygens (including phenoxy) is 1. The minimum Gasteiger partial charge on any atom is -0.494 e. The van der Waals surface area contributed by atoms with Crippen molar-refractivity contribution < 1.29 is 14.3 Å². The molecule has 0 radical (unpaired) electrons. The number of amides is 2. The maximum Gasteiger partial charge on any atom is 0.224 e.